The first-order chi connectivity index (χ1) is 6.68. The second kappa shape index (κ2) is 8.17. The van der Waals surface area contributed by atoms with Gasteiger partial charge in [-0.1, -0.05) is 0 Å². The standard InChI is InChI=1S/C10H24NO3/c1-5-11(3,6-2)14-10-9-13-8-7-12-4/h5-10H2,1-4H3/q+1. The molecule has 0 aromatic rings. The number of hydrogen-bond acceptors (Lipinski definition) is 3. The second-order valence-electron chi connectivity index (χ2n) is 3.37. The van der Waals surface area contributed by atoms with Crippen molar-refractivity contribution in [2.75, 3.05) is 53.7 Å². The van der Waals surface area contributed by atoms with Crippen LogP contribution in [0.15, 0.2) is 0 Å². The van der Waals surface area contributed by atoms with Gasteiger partial charge in [-0.15, -0.1) is 0 Å². The minimum absolute atomic E-state index is 0.636. The number of rotatable bonds is 9. The van der Waals surface area contributed by atoms with Crippen molar-refractivity contribution in [1.82, 2.24) is 0 Å². The summed E-state index contributed by atoms with van der Waals surface area (Å²) in [6, 6.07) is 0. The van der Waals surface area contributed by atoms with E-state index in [9.17, 15) is 0 Å². The maximum Gasteiger partial charge on any atom is 0.129 e. The normalized spacial score (nSPS) is 12.0. The Bertz CT molecular complexity index is 127. The van der Waals surface area contributed by atoms with Crippen LogP contribution in [0, 0.1) is 0 Å². The number of hydroxylamine groups is 3. The number of ether oxygens (including phenoxy) is 2. The molecule has 0 aliphatic rings. The smallest absolute Gasteiger partial charge is 0.129 e. The minimum Gasteiger partial charge on any atom is -0.382 e. The van der Waals surface area contributed by atoms with Gasteiger partial charge < -0.3 is 9.47 Å². The summed E-state index contributed by atoms with van der Waals surface area (Å²) in [4.78, 5) is 5.68. The molecule has 0 radical (unpaired) electrons. The predicted octanol–water partition coefficient (Wildman–Crippen LogP) is 1.07. The molecule has 0 bridgehead atoms. The van der Waals surface area contributed by atoms with E-state index in [1.807, 2.05) is 0 Å². The second-order valence-corrected chi connectivity index (χ2v) is 3.37. The molecule has 14 heavy (non-hydrogen) atoms. The van der Waals surface area contributed by atoms with Crippen LogP contribution in [0.25, 0.3) is 0 Å². The Kier molecular flexibility index (Phi) is 8.08. The van der Waals surface area contributed by atoms with Gasteiger partial charge in [0.15, 0.2) is 0 Å². The highest BCUT2D eigenvalue weighted by Gasteiger charge is 2.17. The van der Waals surface area contributed by atoms with Gasteiger partial charge >= 0.3 is 0 Å². The first kappa shape index (κ1) is 13.8. The predicted molar refractivity (Wildman–Crippen MR) is 55.9 cm³/mol. The third-order valence-corrected chi connectivity index (χ3v) is 2.40. The van der Waals surface area contributed by atoms with Crippen molar-refractivity contribution in [3.8, 4) is 0 Å². The summed E-state index contributed by atoms with van der Waals surface area (Å²) in [5, 5.41) is 0. The van der Waals surface area contributed by atoms with Gasteiger partial charge in [0, 0.05) is 7.11 Å². The van der Waals surface area contributed by atoms with E-state index in [4.69, 9.17) is 14.3 Å². The van der Waals surface area contributed by atoms with Crippen molar-refractivity contribution < 1.29 is 19.0 Å². The van der Waals surface area contributed by atoms with Gasteiger partial charge in [0.1, 0.15) is 19.7 Å². The van der Waals surface area contributed by atoms with E-state index >= 15 is 0 Å². The summed E-state index contributed by atoms with van der Waals surface area (Å²) in [6.45, 7) is 8.77. The van der Waals surface area contributed by atoms with Crippen molar-refractivity contribution in [1.29, 1.82) is 0 Å². The molecule has 0 aromatic heterocycles. The van der Waals surface area contributed by atoms with E-state index in [2.05, 4.69) is 20.9 Å². The van der Waals surface area contributed by atoms with Gasteiger partial charge in [0.05, 0.1) is 26.9 Å². The van der Waals surface area contributed by atoms with Gasteiger partial charge in [0.2, 0.25) is 0 Å². The van der Waals surface area contributed by atoms with E-state index < -0.39 is 0 Å². The van der Waals surface area contributed by atoms with Crippen molar-refractivity contribution in [3.05, 3.63) is 0 Å². The van der Waals surface area contributed by atoms with Gasteiger partial charge in [-0.25, -0.2) is 4.84 Å². The van der Waals surface area contributed by atoms with Crippen LogP contribution in [-0.2, 0) is 14.3 Å². The molecule has 4 nitrogen and oxygen atoms in total. The van der Waals surface area contributed by atoms with E-state index in [1.165, 1.54) is 0 Å². The van der Waals surface area contributed by atoms with Crippen molar-refractivity contribution in [2.45, 2.75) is 13.8 Å². The molecule has 0 aliphatic carbocycles. The van der Waals surface area contributed by atoms with Gasteiger partial charge in [0.25, 0.3) is 0 Å². The molecule has 0 aliphatic heterocycles. The van der Waals surface area contributed by atoms with Crippen LogP contribution in [0.4, 0.5) is 0 Å². The van der Waals surface area contributed by atoms with E-state index in [0.717, 1.165) is 13.1 Å². The highest BCUT2D eigenvalue weighted by molar-refractivity contribution is 4.28. The molecule has 0 rings (SSSR count). The monoisotopic (exact) mass is 206 g/mol. The Labute approximate surface area is 87.3 Å². The number of methoxy groups -OCH3 is 1. The molecule has 0 N–H and O–H groups in total. The first-order valence-electron chi connectivity index (χ1n) is 5.24. The minimum atomic E-state index is 0.636. The Morgan fingerprint density at radius 2 is 1.50 bits per heavy atom. The van der Waals surface area contributed by atoms with Crippen molar-refractivity contribution in [3.63, 3.8) is 0 Å². The average molecular weight is 206 g/mol. The van der Waals surface area contributed by atoms with Crippen LogP contribution in [0.2, 0.25) is 0 Å². The summed E-state index contributed by atoms with van der Waals surface area (Å²) in [7, 11) is 3.75. The van der Waals surface area contributed by atoms with Crippen LogP contribution in [0.5, 0.6) is 0 Å². The molecule has 4 heteroatoms. The van der Waals surface area contributed by atoms with Crippen LogP contribution >= 0.6 is 0 Å². The number of quaternary nitrogens is 1. The maximum atomic E-state index is 5.68. The molecular formula is C10H24NO3+. The quantitative estimate of drug-likeness (QED) is 0.321. The van der Waals surface area contributed by atoms with Crippen LogP contribution in [-0.4, -0.2) is 58.3 Å². The van der Waals surface area contributed by atoms with Gasteiger partial charge in [-0.2, -0.15) is 4.65 Å². The van der Waals surface area contributed by atoms with Crippen LogP contribution in [0.3, 0.4) is 0 Å². The SMILES string of the molecule is CC[N+](C)(CC)OCCOCCOC. The fraction of sp³-hybridized carbons (Fsp3) is 1.00. The molecule has 0 spiro atoms. The summed E-state index contributed by atoms with van der Waals surface area (Å²) in [5.74, 6) is 0. The van der Waals surface area contributed by atoms with E-state index in [0.29, 0.717) is 31.1 Å². The summed E-state index contributed by atoms with van der Waals surface area (Å²) in [6.07, 6.45) is 0. The molecule has 0 fully saturated rings. The molecule has 0 heterocycles. The fourth-order valence-electron chi connectivity index (χ4n) is 0.967. The zero-order chi connectivity index (χ0) is 10.9. The summed E-state index contributed by atoms with van der Waals surface area (Å²) < 4.78 is 10.8. The van der Waals surface area contributed by atoms with Crippen LogP contribution < -0.4 is 0 Å². The van der Waals surface area contributed by atoms with E-state index in [-0.39, 0.29) is 0 Å². The Balaban J connectivity index is 3.34. The molecule has 0 unspecified atom stereocenters. The summed E-state index contributed by atoms with van der Waals surface area (Å²) in [5.41, 5.74) is 0. The number of nitrogens with zero attached hydrogens (tertiary/aromatic N) is 1. The lowest BCUT2D eigenvalue weighted by Crippen LogP contribution is -2.44. The van der Waals surface area contributed by atoms with Crippen molar-refractivity contribution in [2.24, 2.45) is 0 Å². The topological polar surface area (TPSA) is 27.7 Å². The zero-order valence-corrected chi connectivity index (χ0v) is 9.91. The van der Waals surface area contributed by atoms with Gasteiger partial charge in [-0.3, -0.25) is 0 Å². The molecule has 0 saturated carbocycles. The lowest BCUT2D eigenvalue weighted by molar-refractivity contribution is -1.09. The molecule has 0 aromatic carbocycles. The Morgan fingerprint density at radius 1 is 0.929 bits per heavy atom. The highest BCUT2D eigenvalue weighted by Crippen LogP contribution is 2.01. The summed E-state index contributed by atoms with van der Waals surface area (Å²) >= 11 is 0. The number of hydrogen-bond donors (Lipinski definition) is 0. The first-order valence-corrected chi connectivity index (χ1v) is 5.24. The lowest BCUT2D eigenvalue weighted by Gasteiger charge is -2.28. The van der Waals surface area contributed by atoms with Gasteiger partial charge in [-0.05, 0) is 13.8 Å². The largest absolute Gasteiger partial charge is 0.382 e. The molecule has 0 saturated heterocycles. The molecule has 0 amide bonds. The molecule has 86 valence electrons. The Hall–Kier alpha value is -0.160. The third kappa shape index (κ3) is 6.32. The fourth-order valence-corrected chi connectivity index (χ4v) is 0.967. The Morgan fingerprint density at radius 3 is 2.00 bits per heavy atom. The average Bonchev–Trinajstić information content (AvgIpc) is 2.23. The van der Waals surface area contributed by atoms with E-state index in [1.54, 1.807) is 7.11 Å². The maximum absolute atomic E-state index is 5.68. The lowest BCUT2D eigenvalue weighted by atomic mass is 10.5. The van der Waals surface area contributed by atoms with Crippen molar-refractivity contribution >= 4 is 0 Å². The zero-order valence-electron chi connectivity index (χ0n) is 9.91. The highest BCUT2D eigenvalue weighted by atomic mass is 16.7. The van der Waals surface area contributed by atoms with Crippen LogP contribution in [0.1, 0.15) is 13.8 Å². The third-order valence-electron chi connectivity index (χ3n) is 2.40. The molecule has 0 atom stereocenters. The molecular weight excluding hydrogens is 182 g/mol.